The van der Waals surface area contributed by atoms with Gasteiger partial charge in [0.25, 0.3) is 0 Å². The minimum absolute atomic E-state index is 0.226. The van der Waals surface area contributed by atoms with E-state index in [9.17, 15) is 15.3 Å². The summed E-state index contributed by atoms with van der Waals surface area (Å²) < 4.78 is 0. The van der Waals surface area contributed by atoms with E-state index >= 15 is 0 Å². The van der Waals surface area contributed by atoms with E-state index in [4.69, 9.17) is 5.11 Å². The lowest BCUT2D eigenvalue weighted by Crippen LogP contribution is -2.24. The van der Waals surface area contributed by atoms with Crippen LogP contribution in [0.1, 0.15) is 64.3 Å². The molecule has 0 radical (unpaired) electrons. The Morgan fingerprint density at radius 2 is 1.29 bits per heavy atom. The Morgan fingerprint density at radius 3 is 1.57 bits per heavy atom. The van der Waals surface area contributed by atoms with Crippen LogP contribution < -0.4 is 0 Å². The first kappa shape index (κ1) is 18.0. The standard InChI is InChI=1S/C17H28O4/c1-16(2,3)11-7-10(14(20)13(19)9-18)8-12(15(11)21)17(4,5)6/h7-8,13-14,18-21H,9H2,1-6H3. The van der Waals surface area contributed by atoms with Gasteiger partial charge in [-0.3, -0.25) is 0 Å². The van der Waals surface area contributed by atoms with Gasteiger partial charge in [-0.2, -0.15) is 0 Å². The first-order valence-corrected chi connectivity index (χ1v) is 7.24. The number of aliphatic hydroxyl groups excluding tert-OH is 3. The van der Waals surface area contributed by atoms with E-state index in [2.05, 4.69) is 0 Å². The summed E-state index contributed by atoms with van der Waals surface area (Å²) in [6.45, 7) is 11.4. The molecule has 2 unspecified atom stereocenters. The second-order valence-electron chi connectivity index (χ2n) is 7.66. The van der Waals surface area contributed by atoms with Crippen LogP contribution in [0.5, 0.6) is 5.75 Å². The maximum Gasteiger partial charge on any atom is 0.123 e. The summed E-state index contributed by atoms with van der Waals surface area (Å²) in [5, 5.41) is 39.4. The largest absolute Gasteiger partial charge is 0.507 e. The van der Waals surface area contributed by atoms with Crippen molar-refractivity contribution in [2.45, 2.75) is 64.6 Å². The van der Waals surface area contributed by atoms with E-state index in [0.717, 1.165) is 0 Å². The van der Waals surface area contributed by atoms with Crippen molar-refractivity contribution in [1.29, 1.82) is 0 Å². The Hall–Kier alpha value is -1.10. The average Bonchev–Trinajstić information content (AvgIpc) is 2.34. The van der Waals surface area contributed by atoms with Crippen LogP contribution in [0.15, 0.2) is 12.1 Å². The van der Waals surface area contributed by atoms with Gasteiger partial charge in [0.2, 0.25) is 0 Å². The van der Waals surface area contributed by atoms with Gasteiger partial charge in [-0.15, -0.1) is 0 Å². The summed E-state index contributed by atoms with van der Waals surface area (Å²) in [6, 6.07) is 3.40. The Balaban J connectivity index is 3.55. The van der Waals surface area contributed by atoms with E-state index in [1.807, 2.05) is 41.5 Å². The molecule has 2 atom stereocenters. The highest BCUT2D eigenvalue weighted by atomic mass is 16.4. The van der Waals surface area contributed by atoms with Gasteiger partial charge in [0.05, 0.1) is 6.61 Å². The number of phenols is 1. The number of aliphatic hydroxyl groups is 3. The molecule has 0 aliphatic rings. The fourth-order valence-electron chi connectivity index (χ4n) is 2.29. The van der Waals surface area contributed by atoms with Gasteiger partial charge in [-0.1, -0.05) is 41.5 Å². The number of hydrogen-bond acceptors (Lipinski definition) is 4. The van der Waals surface area contributed by atoms with Gasteiger partial charge in [0, 0.05) is 0 Å². The van der Waals surface area contributed by atoms with Crippen LogP contribution in [0.3, 0.4) is 0 Å². The van der Waals surface area contributed by atoms with Crippen LogP contribution in [0.25, 0.3) is 0 Å². The average molecular weight is 296 g/mol. The van der Waals surface area contributed by atoms with Crippen LogP contribution in [0, 0.1) is 0 Å². The molecule has 0 saturated heterocycles. The Labute approximate surface area is 127 Å². The minimum Gasteiger partial charge on any atom is -0.507 e. The molecule has 1 aromatic rings. The highest BCUT2D eigenvalue weighted by Gasteiger charge is 2.29. The monoisotopic (exact) mass is 296 g/mol. The van der Waals surface area contributed by atoms with Gasteiger partial charge >= 0.3 is 0 Å². The molecule has 21 heavy (non-hydrogen) atoms. The van der Waals surface area contributed by atoms with E-state index in [1.165, 1.54) is 0 Å². The predicted octanol–water partition coefficient (Wildman–Crippen LogP) is 2.37. The SMILES string of the molecule is CC(C)(C)c1cc(C(O)C(O)CO)cc(C(C)(C)C)c1O. The molecule has 0 bridgehead atoms. The normalized spacial score (nSPS) is 15.9. The van der Waals surface area contributed by atoms with Crippen LogP contribution in [-0.4, -0.2) is 33.1 Å². The third-order valence-electron chi connectivity index (χ3n) is 3.64. The second-order valence-corrected chi connectivity index (χ2v) is 7.66. The molecule has 0 aliphatic heterocycles. The molecule has 0 heterocycles. The van der Waals surface area contributed by atoms with E-state index in [1.54, 1.807) is 12.1 Å². The molecule has 0 amide bonds. The van der Waals surface area contributed by atoms with Crippen LogP contribution in [-0.2, 0) is 10.8 Å². The molecule has 0 aromatic heterocycles. The summed E-state index contributed by atoms with van der Waals surface area (Å²) in [5.41, 5.74) is 1.33. The van der Waals surface area contributed by atoms with Crippen molar-refractivity contribution < 1.29 is 20.4 Å². The number of benzene rings is 1. The maximum absolute atomic E-state index is 10.6. The second kappa shape index (κ2) is 5.95. The van der Waals surface area contributed by atoms with E-state index < -0.39 is 18.8 Å². The zero-order valence-electron chi connectivity index (χ0n) is 13.8. The molecule has 4 N–H and O–H groups in total. The van der Waals surface area contributed by atoms with Crippen molar-refractivity contribution in [2.24, 2.45) is 0 Å². The van der Waals surface area contributed by atoms with E-state index in [-0.39, 0.29) is 16.6 Å². The van der Waals surface area contributed by atoms with Crippen molar-refractivity contribution in [3.8, 4) is 5.75 Å². The fraction of sp³-hybridized carbons (Fsp3) is 0.647. The van der Waals surface area contributed by atoms with Crippen molar-refractivity contribution >= 4 is 0 Å². The zero-order valence-corrected chi connectivity index (χ0v) is 13.8. The molecular formula is C17H28O4. The van der Waals surface area contributed by atoms with Gasteiger partial charge in [-0.25, -0.2) is 0 Å². The smallest absolute Gasteiger partial charge is 0.123 e. The van der Waals surface area contributed by atoms with Crippen LogP contribution >= 0.6 is 0 Å². The van der Waals surface area contributed by atoms with E-state index in [0.29, 0.717) is 16.7 Å². The Kier molecular flexibility index (Phi) is 5.09. The summed E-state index contributed by atoms with van der Waals surface area (Å²) in [6.07, 6.45) is -2.42. The van der Waals surface area contributed by atoms with Crippen molar-refractivity contribution in [2.75, 3.05) is 6.61 Å². The highest BCUT2D eigenvalue weighted by Crippen LogP contribution is 2.41. The minimum atomic E-state index is -1.24. The molecule has 4 nitrogen and oxygen atoms in total. The predicted molar refractivity (Wildman–Crippen MR) is 83.6 cm³/mol. The molecule has 4 heteroatoms. The summed E-state index contributed by atoms with van der Waals surface area (Å²) in [7, 11) is 0. The number of phenolic OH excluding ortho intramolecular Hbond substituents is 1. The van der Waals surface area contributed by atoms with Gasteiger partial charge in [0.1, 0.15) is 18.0 Å². The lowest BCUT2D eigenvalue weighted by molar-refractivity contribution is -0.0153. The number of rotatable bonds is 3. The summed E-state index contributed by atoms with van der Waals surface area (Å²) >= 11 is 0. The topological polar surface area (TPSA) is 80.9 Å². The zero-order chi connectivity index (χ0) is 16.6. The molecule has 1 rings (SSSR count). The number of aromatic hydroxyl groups is 1. The van der Waals surface area contributed by atoms with Crippen molar-refractivity contribution in [1.82, 2.24) is 0 Å². The maximum atomic E-state index is 10.6. The Bertz CT molecular complexity index is 459. The molecule has 0 saturated carbocycles. The first-order valence-electron chi connectivity index (χ1n) is 7.24. The van der Waals surface area contributed by atoms with Crippen LogP contribution in [0.2, 0.25) is 0 Å². The third-order valence-corrected chi connectivity index (χ3v) is 3.64. The highest BCUT2D eigenvalue weighted by molar-refractivity contribution is 5.50. The van der Waals surface area contributed by atoms with Gasteiger partial charge in [0.15, 0.2) is 0 Å². The molecular weight excluding hydrogens is 268 g/mol. The molecule has 0 aliphatic carbocycles. The molecule has 120 valence electrons. The first-order chi connectivity index (χ1) is 9.39. The summed E-state index contributed by atoms with van der Waals surface area (Å²) in [4.78, 5) is 0. The fourth-order valence-corrected chi connectivity index (χ4v) is 2.29. The lowest BCUT2D eigenvalue weighted by Gasteiger charge is -2.29. The molecule has 1 aromatic carbocycles. The molecule has 0 spiro atoms. The van der Waals surface area contributed by atoms with Crippen LogP contribution in [0.4, 0.5) is 0 Å². The van der Waals surface area contributed by atoms with Gasteiger partial charge in [-0.05, 0) is 39.7 Å². The summed E-state index contributed by atoms with van der Waals surface area (Å²) in [5.74, 6) is 0.226. The number of hydrogen-bond donors (Lipinski definition) is 4. The van der Waals surface area contributed by atoms with Crippen molar-refractivity contribution in [3.05, 3.63) is 28.8 Å². The lowest BCUT2D eigenvalue weighted by atomic mass is 9.77. The van der Waals surface area contributed by atoms with Crippen molar-refractivity contribution in [3.63, 3.8) is 0 Å². The quantitative estimate of drug-likeness (QED) is 0.690. The Morgan fingerprint density at radius 1 is 0.905 bits per heavy atom. The van der Waals surface area contributed by atoms with Gasteiger partial charge < -0.3 is 20.4 Å². The molecule has 0 fully saturated rings. The third kappa shape index (κ3) is 3.96.